The summed E-state index contributed by atoms with van der Waals surface area (Å²) in [7, 11) is 0. The van der Waals surface area contributed by atoms with Gasteiger partial charge in [-0.1, -0.05) is 6.92 Å². The molecule has 0 aliphatic heterocycles. The number of aromatic nitrogens is 6. The first kappa shape index (κ1) is 27.6. The van der Waals surface area contributed by atoms with Crippen LogP contribution in [0.2, 0.25) is 0 Å². The van der Waals surface area contributed by atoms with Gasteiger partial charge in [-0.15, -0.1) is 10.2 Å². The predicted molar refractivity (Wildman–Crippen MR) is 141 cm³/mol. The van der Waals surface area contributed by atoms with Gasteiger partial charge in [0, 0.05) is 42.2 Å². The van der Waals surface area contributed by atoms with Gasteiger partial charge in [0.2, 0.25) is 5.82 Å². The number of ether oxygens (including phenoxy) is 1. The molecule has 2 aromatic carbocycles. The summed E-state index contributed by atoms with van der Waals surface area (Å²) in [6, 6.07) is 7.31. The molecule has 0 aliphatic carbocycles. The van der Waals surface area contributed by atoms with Crippen molar-refractivity contribution >= 4 is 23.1 Å². The summed E-state index contributed by atoms with van der Waals surface area (Å²) in [6.45, 7) is 0.821. The van der Waals surface area contributed by atoms with Crippen LogP contribution in [0, 0.1) is 18.6 Å². The van der Waals surface area contributed by atoms with Crippen LogP contribution in [0.4, 0.5) is 29.1 Å². The second-order valence-corrected chi connectivity index (χ2v) is 8.94. The zero-order chi connectivity index (χ0) is 29.1. The molecule has 0 saturated carbocycles. The van der Waals surface area contributed by atoms with E-state index in [1.54, 1.807) is 19.1 Å². The van der Waals surface area contributed by atoms with E-state index >= 15 is 0 Å². The number of aryl methyl sites for hydroxylation is 2. The summed E-state index contributed by atoms with van der Waals surface area (Å²) in [5, 5.41) is 13.9. The third kappa shape index (κ3) is 5.81. The smallest absolute Gasteiger partial charge is 0.387 e. The summed E-state index contributed by atoms with van der Waals surface area (Å²) in [5.74, 6) is -2.29. The first-order valence-corrected chi connectivity index (χ1v) is 12.6. The van der Waals surface area contributed by atoms with Crippen molar-refractivity contribution in [2.45, 2.75) is 33.3 Å². The highest BCUT2D eigenvalue weighted by atomic mass is 19.3. The number of aromatic amines is 1. The van der Waals surface area contributed by atoms with Gasteiger partial charge in [-0.2, -0.15) is 13.2 Å². The molecule has 3 N–H and O–H groups in total. The van der Waals surface area contributed by atoms with E-state index in [2.05, 4.69) is 40.5 Å². The Kier molecular flexibility index (Phi) is 7.81. The Labute approximate surface area is 230 Å². The van der Waals surface area contributed by atoms with Crippen LogP contribution in [-0.2, 0) is 12.8 Å². The molecule has 0 radical (unpaired) electrons. The van der Waals surface area contributed by atoms with Crippen LogP contribution < -0.4 is 15.4 Å². The molecule has 3 aromatic heterocycles. The number of imidazole rings is 1. The van der Waals surface area contributed by atoms with Crippen LogP contribution in [-0.4, -0.2) is 48.6 Å². The van der Waals surface area contributed by atoms with E-state index in [-0.39, 0.29) is 17.2 Å². The number of halogens is 4. The lowest BCUT2D eigenvalue weighted by molar-refractivity contribution is -0.0525. The van der Waals surface area contributed by atoms with Crippen molar-refractivity contribution < 1.29 is 27.1 Å². The standard InChI is InChI=1S/C27H24F4N8O2/c1-3-15-12-16(4-5-17(15)26(40)33-9-8-21-35-14(2)37-38-21)36-24-25-34-13-19(39(25)11-10-32-24)18-6-7-20(41-27(30)31)23(29)22(18)28/h4-7,10-13,27H,3,8-9H2,1-2H3,(H,32,36)(H,33,40)(H,35,37,38). The van der Waals surface area contributed by atoms with Crippen molar-refractivity contribution in [2.24, 2.45) is 0 Å². The molecule has 10 nitrogen and oxygen atoms in total. The van der Waals surface area contributed by atoms with Crippen LogP contribution >= 0.6 is 0 Å². The summed E-state index contributed by atoms with van der Waals surface area (Å²) in [6.07, 6.45) is 5.37. The number of carbonyl (C=O) groups is 1. The Morgan fingerprint density at radius 3 is 2.68 bits per heavy atom. The molecule has 0 fully saturated rings. The highest BCUT2D eigenvalue weighted by Gasteiger charge is 2.21. The maximum Gasteiger partial charge on any atom is 0.387 e. The van der Waals surface area contributed by atoms with E-state index in [1.807, 2.05) is 13.0 Å². The fourth-order valence-corrected chi connectivity index (χ4v) is 4.34. The lowest BCUT2D eigenvalue weighted by atomic mass is 10.0. The zero-order valence-electron chi connectivity index (χ0n) is 21.9. The average molecular weight is 569 g/mol. The van der Waals surface area contributed by atoms with Crippen LogP contribution in [0.25, 0.3) is 16.9 Å². The number of benzene rings is 2. The molecular formula is C27H24F4N8O2. The van der Waals surface area contributed by atoms with Crippen molar-refractivity contribution in [1.29, 1.82) is 0 Å². The molecule has 0 aliphatic rings. The van der Waals surface area contributed by atoms with Crippen molar-refractivity contribution in [3.05, 3.63) is 83.3 Å². The minimum atomic E-state index is -3.29. The van der Waals surface area contributed by atoms with E-state index in [1.165, 1.54) is 23.0 Å². The molecule has 0 saturated heterocycles. The normalized spacial score (nSPS) is 11.3. The molecule has 1 amide bonds. The fraction of sp³-hybridized carbons (Fsp3) is 0.222. The fourth-order valence-electron chi connectivity index (χ4n) is 4.34. The first-order valence-electron chi connectivity index (χ1n) is 12.6. The lowest BCUT2D eigenvalue weighted by Gasteiger charge is -2.13. The molecule has 0 atom stereocenters. The number of hydrogen-bond donors (Lipinski definition) is 3. The van der Waals surface area contributed by atoms with E-state index in [0.29, 0.717) is 53.8 Å². The number of alkyl halides is 2. The first-order chi connectivity index (χ1) is 19.7. The SMILES string of the molecule is CCc1cc(Nc2nccn3c(-c4ccc(OC(F)F)c(F)c4F)cnc23)ccc1C(=O)NCCc1nnc(C)[nH]1. The van der Waals surface area contributed by atoms with Gasteiger partial charge in [0.05, 0.1) is 11.9 Å². The lowest BCUT2D eigenvalue weighted by Crippen LogP contribution is -2.27. The van der Waals surface area contributed by atoms with Crippen LogP contribution in [0.1, 0.15) is 34.5 Å². The molecule has 5 rings (SSSR count). The molecule has 212 valence electrons. The Morgan fingerprint density at radius 2 is 1.95 bits per heavy atom. The van der Waals surface area contributed by atoms with Gasteiger partial charge in [0.25, 0.3) is 5.91 Å². The van der Waals surface area contributed by atoms with Crippen LogP contribution in [0.3, 0.4) is 0 Å². The number of H-pyrrole nitrogens is 1. The van der Waals surface area contributed by atoms with Crippen molar-refractivity contribution in [3.63, 3.8) is 0 Å². The van der Waals surface area contributed by atoms with Gasteiger partial charge < -0.3 is 20.4 Å². The molecule has 0 unspecified atom stereocenters. The van der Waals surface area contributed by atoms with E-state index in [0.717, 1.165) is 17.7 Å². The molecule has 14 heteroatoms. The van der Waals surface area contributed by atoms with E-state index in [9.17, 15) is 22.4 Å². The summed E-state index contributed by atoms with van der Waals surface area (Å²) < 4.78 is 59.7. The second kappa shape index (κ2) is 11.6. The van der Waals surface area contributed by atoms with Gasteiger partial charge in [-0.05, 0) is 49.2 Å². The van der Waals surface area contributed by atoms with E-state index < -0.39 is 24.0 Å². The van der Waals surface area contributed by atoms with Crippen molar-refractivity contribution in [3.8, 4) is 17.0 Å². The number of amides is 1. The third-order valence-electron chi connectivity index (χ3n) is 6.25. The van der Waals surface area contributed by atoms with Crippen molar-refractivity contribution in [1.82, 2.24) is 34.9 Å². The minimum Gasteiger partial charge on any atom is -0.432 e. The third-order valence-corrected chi connectivity index (χ3v) is 6.25. The molecule has 5 aromatic rings. The molecular weight excluding hydrogens is 544 g/mol. The van der Waals surface area contributed by atoms with Gasteiger partial charge in [-0.25, -0.2) is 14.4 Å². The Morgan fingerprint density at radius 1 is 1.12 bits per heavy atom. The Bertz CT molecular complexity index is 1720. The Balaban J connectivity index is 1.35. The highest BCUT2D eigenvalue weighted by Crippen LogP contribution is 2.32. The van der Waals surface area contributed by atoms with Gasteiger partial charge in [0.15, 0.2) is 23.0 Å². The van der Waals surface area contributed by atoms with Gasteiger partial charge in [-0.3, -0.25) is 9.20 Å². The molecule has 0 bridgehead atoms. The number of rotatable bonds is 10. The van der Waals surface area contributed by atoms with Crippen molar-refractivity contribution in [2.75, 3.05) is 11.9 Å². The number of carbonyl (C=O) groups excluding carboxylic acids is 1. The quantitative estimate of drug-likeness (QED) is 0.203. The minimum absolute atomic E-state index is 0.173. The predicted octanol–water partition coefficient (Wildman–Crippen LogP) is 4.98. The van der Waals surface area contributed by atoms with Crippen LogP contribution in [0.5, 0.6) is 5.75 Å². The maximum atomic E-state index is 14.8. The van der Waals surface area contributed by atoms with E-state index in [4.69, 9.17) is 0 Å². The van der Waals surface area contributed by atoms with Gasteiger partial charge >= 0.3 is 6.61 Å². The zero-order valence-corrected chi connectivity index (χ0v) is 21.9. The average Bonchev–Trinajstić information content (AvgIpc) is 3.57. The number of nitrogens with one attached hydrogen (secondary N) is 3. The Hall–Kier alpha value is -5.01. The number of nitrogens with zero attached hydrogens (tertiary/aromatic N) is 5. The highest BCUT2D eigenvalue weighted by molar-refractivity contribution is 5.96. The summed E-state index contributed by atoms with van der Waals surface area (Å²) in [4.78, 5) is 24.5. The molecule has 41 heavy (non-hydrogen) atoms. The number of anilines is 2. The molecule has 0 spiro atoms. The monoisotopic (exact) mass is 568 g/mol. The number of fused-ring (bicyclic) bond motifs is 1. The second-order valence-electron chi connectivity index (χ2n) is 8.94. The topological polar surface area (TPSA) is 122 Å². The maximum absolute atomic E-state index is 14.8. The summed E-state index contributed by atoms with van der Waals surface area (Å²) >= 11 is 0. The molecule has 3 heterocycles. The largest absolute Gasteiger partial charge is 0.432 e. The summed E-state index contributed by atoms with van der Waals surface area (Å²) in [5.41, 5.74) is 2.23. The van der Waals surface area contributed by atoms with Gasteiger partial charge in [0.1, 0.15) is 11.6 Å². The van der Waals surface area contributed by atoms with Crippen LogP contribution in [0.15, 0.2) is 48.9 Å². The number of hydrogen-bond acceptors (Lipinski definition) is 7.